The average Bonchev–Trinajstić information content (AvgIpc) is 2.57. The van der Waals surface area contributed by atoms with Gasteiger partial charge in [-0.2, -0.15) is 0 Å². The predicted octanol–water partition coefficient (Wildman–Crippen LogP) is 6.81. The van der Waals surface area contributed by atoms with Crippen LogP contribution in [0.5, 0.6) is 0 Å². The van der Waals surface area contributed by atoms with Gasteiger partial charge < -0.3 is 4.90 Å². The Balaban J connectivity index is 0.00000127. The number of hydrogen-bond donors (Lipinski definition) is 0. The molecule has 120 valence electrons. The molecule has 23 heavy (non-hydrogen) atoms. The molecular weight excluding hydrogens is 278 g/mol. The molecular formula is C22H27N. The van der Waals surface area contributed by atoms with Crippen LogP contribution in [0.1, 0.15) is 26.3 Å². The molecule has 0 aliphatic carbocycles. The van der Waals surface area contributed by atoms with Crippen molar-refractivity contribution in [2.75, 3.05) is 4.90 Å². The molecule has 0 unspecified atom stereocenters. The van der Waals surface area contributed by atoms with Gasteiger partial charge in [-0.05, 0) is 55.8 Å². The Labute approximate surface area is 141 Å². The molecule has 0 saturated heterocycles. The van der Waals surface area contributed by atoms with Crippen molar-refractivity contribution in [2.45, 2.75) is 27.7 Å². The third-order valence-corrected chi connectivity index (χ3v) is 3.14. The van der Waals surface area contributed by atoms with Crippen LogP contribution in [0.4, 0.5) is 11.4 Å². The summed E-state index contributed by atoms with van der Waals surface area (Å²) in [5, 5.41) is 0. The fourth-order valence-electron chi connectivity index (χ4n) is 2.26. The standard InChI is InChI=1S/C20H21N.C2H6/c1-5-18(14-16(2)3)21(19-11-7-6-8-12-19)20-13-9-10-17(4)15-20;1-2/h5-15H,1-2H2,3-4H3;1-2H3/b18-14+;. The largest absolute Gasteiger partial charge is 0.311 e. The van der Waals surface area contributed by atoms with E-state index in [-0.39, 0.29) is 0 Å². The van der Waals surface area contributed by atoms with Gasteiger partial charge >= 0.3 is 0 Å². The van der Waals surface area contributed by atoms with Gasteiger partial charge in [0, 0.05) is 17.1 Å². The molecule has 0 atom stereocenters. The first-order chi connectivity index (χ1) is 11.1. The molecule has 1 heteroatoms. The van der Waals surface area contributed by atoms with E-state index >= 15 is 0 Å². The van der Waals surface area contributed by atoms with Crippen molar-refractivity contribution >= 4 is 11.4 Å². The van der Waals surface area contributed by atoms with Crippen molar-refractivity contribution < 1.29 is 0 Å². The first-order valence-corrected chi connectivity index (χ1v) is 8.03. The highest BCUT2D eigenvalue weighted by atomic mass is 15.1. The van der Waals surface area contributed by atoms with E-state index in [2.05, 4.69) is 61.4 Å². The minimum absolute atomic E-state index is 0.999. The van der Waals surface area contributed by atoms with Gasteiger partial charge in [-0.3, -0.25) is 0 Å². The minimum atomic E-state index is 0.999. The first kappa shape index (κ1) is 18.5. The zero-order valence-corrected chi connectivity index (χ0v) is 14.7. The molecule has 0 radical (unpaired) electrons. The predicted molar refractivity (Wildman–Crippen MR) is 104 cm³/mol. The number of benzene rings is 2. The van der Waals surface area contributed by atoms with Crippen LogP contribution >= 0.6 is 0 Å². The Morgan fingerprint density at radius 1 is 0.957 bits per heavy atom. The fraction of sp³-hybridized carbons (Fsp3) is 0.182. The van der Waals surface area contributed by atoms with Crippen LogP contribution in [-0.4, -0.2) is 0 Å². The lowest BCUT2D eigenvalue weighted by atomic mass is 10.1. The summed E-state index contributed by atoms with van der Waals surface area (Å²) in [5.41, 5.74) is 5.47. The van der Waals surface area contributed by atoms with Crippen LogP contribution < -0.4 is 4.90 Å². The van der Waals surface area contributed by atoms with Gasteiger partial charge in [-0.1, -0.05) is 62.9 Å². The summed E-state index contributed by atoms with van der Waals surface area (Å²) < 4.78 is 0. The third kappa shape index (κ3) is 5.30. The normalized spacial score (nSPS) is 10.3. The summed E-state index contributed by atoms with van der Waals surface area (Å²) in [5.74, 6) is 0. The lowest BCUT2D eigenvalue weighted by molar-refractivity contribution is 1.20. The van der Waals surface area contributed by atoms with Crippen molar-refractivity contribution in [3.63, 3.8) is 0 Å². The molecule has 2 aromatic carbocycles. The van der Waals surface area contributed by atoms with Gasteiger partial charge in [0.05, 0.1) is 0 Å². The van der Waals surface area contributed by atoms with Gasteiger partial charge in [-0.15, -0.1) is 0 Å². The van der Waals surface area contributed by atoms with Crippen molar-refractivity contribution in [2.24, 2.45) is 0 Å². The fourth-order valence-corrected chi connectivity index (χ4v) is 2.26. The summed E-state index contributed by atoms with van der Waals surface area (Å²) in [6.07, 6.45) is 3.91. The second-order valence-electron chi connectivity index (χ2n) is 5.13. The SMILES string of the molecule is C=C/C(=C\C(=C)C)N(c1ccccc1)c1cccc(C)c1.CC. The van der Waals surface area contributed by atoms with Crippen molar-refractivity contribution in [1.29, 1.82) is 0 Å². The van der Waals surface area contributed by atoms with Gasteiger partial charge in [-0.25, -0.2) is 0 Å². The maximum absolute atomic E-state index is 3.98. The van der Waals surface area contributed by atoms with Crippen LogP contribution in [0, 0.1) is 6.92 Å². The molecule has 0 saturated carbocycles. The van der Waals surface area contributed by atoms with Crippen molar-refractivity contribution in [1.82, 2.24) is 0 Å². The molecule has 0 heterocycles. The number of para-hydroxylation sites is 1. The van der Waals surface area contributed by atoms with E-state index in [9.17, 15) is 0 Å². The molecule has 1 nitrogen and oxygen atoms in total. The topological polar surface area (TPSA) is 3.24 Å². The van der Waals surface area contributed by atoms with Crippen molar-refractivity contribution in [3.05, 3.63) is 96.7 Å². The average molecular weight is 305 g/mol. The molecule has 0 aliphatic rings. The van der Waals surface area contributed by atoms with Gasteiger partial charge in [0.2, 0.25) is 0 Å². The monoisotopic (exact) mass is 305 g/mol. The van der Waals surface area contributed by atoms with Crippen LogP contribution in [0.3, 0.4) is 0 Å². The molecule has 0 N–H and O–H groups in total. The third-order valence-electron chi connectivity index (χ3n) is 3.14. The number of rotatable bonds is 5. The van der Waals surface area contributed by atoms with Crippen LogP contribution in [0.15, 0.2) is 91.2 Å². The van der Waals surface area contributed by atoms with Gasteiger partial charge in [0.25, 0.3) is 0 Å². The quantitative estimate of drug-likeness (QED) is 0.549. The van der Waals surface area contributed by atoms with E-state index in [1.165, 1.54) is 5.56 Å². The molecule has 0 spiro atoms. The molecule has 0 amide bonds. The molecule has 0 bridgehead atoms. The Morgan fingerprint density at radius 2 is 1.57 bits per heavy atom. The first-order valence-electron chi connectivity index (χ1n) is 8.03. The van der Waals surface area contributed by atoms with Gasteiger partial charge in [0.1, 0.15) is 0 Å². The zero-order valence-electron chi connectivity index (χ0n) is 14.7. The Hall–Kier alpha value is -2.54. The smallest absolute Gasteiger partial charge is 0.0464 e. The van der Waals surface area contributed by atoms with E-state index < -0.39 is 0 Å². The molecule has 0 aromatic heterocycles. The molecule has 0 fully saturated rings. The second-order valence-corrected chi connectivity index (χ2v) is 5.13. The van der Waals surface area contributed by atoms with E-state index in [4.69, 9.17) is 0 Å². The number of hydrogen-bond acceptors (Lipinski definition) is 1. The summed E-state index contributed by atoms with van der Waals surface area (Å²) in [6, 6.07) is 18.7. The van der Waals surface area contributed by atoms with Crippen LogP contribution in [0.25, 0.3) is 0 Å². The molecule has 2 rings (SSSR count). The highest BCUT2D eigenvalue weighted by Gasteiger charge is 2.12. The maximum Gasteiger partial charge on any atom is 0.0464 e. The summed E-state index contributed by atoms with van der Waals surface area (Å²) in [6.45, 7) is 16.0. The summed E-state index contributed by atoms with van der Waals surface area (Å²) in [4.78, 5) is 2.19. The molecule has 2 aromatic rings. The number of anilines is 2. The lowest BCUT2D eigenvalue weighted by Crippen LogP contribution is -2.15. The Bertz CT molecular complexity index is 665. The van der Waals surface area contributed by atoms with E-state index in [1.54, 1.807) is 0 Å². The minimum Gasteiger partial charge on any atom is -0.311 e. The van der Waals surface area contributed by atoms with Crippen LogP contribution in [-0.2, 0) is 0 Å². The van der Waals surface area contributed by atoms with Crippen molar-refractivity contribution in [3.8, 4) is 0 Å². The zero-order chi connectivity index (χ0) is 17.2. The summed E-state index contributed by atoms with van der Waals surface area (Å²) >= 11 is 0. The lowest BCUT2D eigenvalue weighted by Gasteiger charge is -2.26. The highest BCUT2D eigenvalue weighted by molar-refractivity contribution is 5.70. The highest BCUT2D eigenvalue weighted by Crippen LogP contribution is 2.31. The second kappa shape index (κ2) is 9.47. The maximum atomic E-state index is 3.98. The Morgan fingerprint density at radius 3 is 2.09 bits per heavy atom. The number of allylic oxidation sites excluding steroid dienone is 3. The van der Waals surface area contributed by atoms with E-state index in [1.807, 2.05) is 51.1 Å². The Kier molecular flexibility index (Phi) is 7.62. The van der Waals surface area contributed by atoms with Crippen LogP contribution in [0.2, 0.25) is 0 Å². The van der Waals surface area contributed by atoms with E-state index in [0.717, 1.165) is 22.6 Å². The number of aryl methyl sites for hydroxylation is 1. The van der Waals surface area contributed by atoms with E-state index in [0.29, 0.717) is 0 Å². The van der Waals surface area contributed by atoms with Gasteiger partial charge in [0.15, 0.2) is 0 Å². The molecule has 0 aliphatic heterocycles. The number of nitrogens with zero attached hydrogens (tertiary/aromatic N) is 1. The summed E-state index contributed by atoms with van der Waals surface area (Å²) in [7, 11) is 0.